The van der Waals surface area contributed by atoms with E-state index >= 15 is 0 Å². The van der Waals surface area contributed by atoms with Crippen LogP contribution in [0, 0.1) is 0 Å². The molecule has 0 aliphatic carbocycles. The van der Waals surface area contributed by atoms with Crippen molar-refractivity contribution in [1.29, 1.82) is 0 Å². The van der Waals surface area contributed by atoms with Crippen molar-refractivity contribution in [3.05, 3.63) is 42.7 Å². The molecule has 15 heavy (non-hydrogen) atoms. The lowest BCUT2D eigenvalue weighted by Crippen LogP contribution is -1.87. The average Bonchev–Trinajstić information content (AvgIpc) is 2.83. The molecule has 3 aromatic rings. The zero-order chi connectivity index (χ0) is 10.3. The van der Waals surface area contributed by atoms with Gasteiger partial charge in [0.1, 0.15) is 0 Å². The van der Waals surface area contributed by atoms with Crippen LogP contribution in [0.1, 0.15) is 0 Å². The Balaban J connectivity index is 2.27. The number of fused-ring (bicyclic) bond motifs is 1. The average molecular weight is 197 g/mol. The minimum Gasteiger partial charge on any atom is -0.360 e. The molecule has 0 spiro atoms. The molecular weight excluding hydrogens is 186 g/mol. The number of para-hydroxylation sites is 1. The van der Waals surface area contributed by atoms with Crippen LogP contribution >= 0.6 is 0 Å². The predicted octanol–water partition coefficient (Wildman–Crippen LogP) is 2.57. The molecule has 0 aliphatic rings. The molecule has 0 amide bonds. The van der Waals surface area contributed by atoms with Crippen LogP contribution in [0.5, 0.6) is 0 Å². The van der Waals surface area contributed by atoms with Gasteiger partial charge in [-0.05, 0) is 12.1 Å². The third-order valence-corrected chi connectivity index (χ3v) is 2.58. The van der Waals surface area contributed by atoms with E-state index in [4.69, 9.17) is 0 Å². The Hall–Kier alpha value is -2.03. The normalized spacial score (nSPS) is 11.0. The van der Waals surface area contributed by atoms with Crippen LogP contribution < -0.4 is 0 Å². The highest BCUT2D eigenvalue weighted by atomic mass is 15.2. The smallest absolute Gasteiger partial charge is 0.0944 e. The number of hydrogen-bond donors (Lipinski definition) is 1. The maximum Gasteiger partial charge on any atom is 0.0944 e. The van der Waals surface area contributed by atoms with E-state index < -0.39 is 0 Å². The lowest BCUT2D eigenvalue weighted by molar-refractivity contribution is 0.771. The number of nitrogens with zero attached hydrogens (tertiary/aromatic N) is 2. The first-order chi connectivity index (χ1) is 7.34. The molecule has 0 fully saturated rings. The summed E-state index contributed by atoms with van der Waals surface area (Å²) in [6.07, 6.45) is 3.96. The lowest BCUT2D eigenvalue weighted by atomic mass is 10.1. The molecule has 74 valence electrons. The number of aryl methyl sites for hydroxylation is 1. The summed E-state index contributed by atoms with van der Waals surface area (Å²) in [5.74, 6) is 0. The fourth-order valence-electron chi connectivity index (χ4n) is 1.84. The van der Waals surface area contributed by atoms with Gasteiger partial charge >= 0.3 is 0 Å². The van der Waals surface area contributed by atoms with Gasteiger partial charge in [-0.15, -0.1) is 0 Å². The Morgan fingerprint density at radius 1 is 1.20 bits per heavy atom. The van der Waals surface area contributed by atoms with E-state index in [0.717, 1.165) is 16.8 Å². The van der Waals surface area contributed by atoms with Crippen LogP contribution in [-0.2, 0) is 7.05 Å². The van der Waals surface area contributed by atoms with Crippen molar-refractivity contribution in [2.45, 2.75) is 0 Å². The van der Waals surface area contributed by atoms with Gasteiger partial charge in [0.15, 0.2) is 0 Å². The molecule has 0 saturated heterocycles. The Morgan fingerprint density at radius 3 is 2.87 bits per heavy atom. The quantitative estimate of drug-likeness (QED) is 0.639. The van der Waals surface area contributed by atoms with Gasteiger partial charge in [0.25, 0.3) is 0 Å². The second-order valence-electron chi connectivity index (χ2n) is 3.62. The summed E-state index contributed by atoms with van der Waals surface area (Å²) in [4.78, 5) is 3.25. The summed E-state index contributed by atoms with van der Waals surface area (Å²) < 4.78 is 1.82. The summed E-state index contributed by atoms with van der Waals surface area (Å²) in [6, 6.07) is 10.3. The molecule has 0 unspecified atom stereocenters. The molecule has 3 heteroatoms. The summed E-state index contributed by atoms with van der Waals surface area (Å²) in [7, 11) is 1.93. The fourth-order valence-corrected chi connectivity index (χ4v) is 1.84. The number of aromatic amines is 1. The standard InChI is InChI=1S/C12H11N3/c1-15-7-6-12(14-15)10-8-13-11-5-3-2-4-9(10)11/h2-8,13H,1H3. The molecule has 3 rings (SSSR count). The first kappa shape index (κ1) is 8.29. The number of nitrogens with one attached hydrogen (secondary N) is 1. The number of aromatic nitrogens is 3. The van der Waals surface area contributed by atoms with E-state index in [1.54, 1.807) is 0 Å². The Bertz CT molecular complexity index is 604. The monoisotopic (exact) mass is 197 g/mol. The molecule has 0 bridgehead atoms. The molecule has 1 N–H and O–H groups in total. The summed E-state index contributed by atoms with van der Waals surface area (Å²) in [6.45, 7) is 0. The Kier molecular flexibility index (Phi) is 1.65. The van der Waals surface area contributed by atoms with Crippen molar-refractivity contribution >= 4 is 10.9 Å². The van der Waals surface area contributed by atoms with Crippen LogP contribution in [0.25, 0.3) is 22.2 Å². The van der Waals surface area contributed by atoms with Gasteiger partial charge < -0.3 is 4.98 Å². The van der Waals surface area contributed by atoms with Crippen molar-refractivity contribution in [2.75, 3.05) is 0 Å². The minimum atomic E-state index is 1.01. The summed E-state index contributed by atoms with van der Waals surface area (Å²) in [5.41, 5.74) is 3.32. The first-order valence-electron chi connectivity index (χ1n) is 4.91. The topological polar surface area (TPSA) is 33.6 Å². The zero-order valence-corrected chi connectivity index (χ0v) is 8.44. The van der Waals surface area contributed by atoms with Crippen LogP contribution in [0.15, 0.2) is 42.7 Å². The number of rotatable bonds is 1. The maximum absolute atomic E-state index is 4.40. The van der Waals surface area contributed by atoms with Crippen molar-refractivity contribution in [3.8, 4) is 11.3 Å². The van der Waals surface area contributed by atoms with Crippen LogP contribution in [0.2, 0.25) is 0 Å². The highest BCUT2D eigenvalue weighted by Gasteiger charge is 2.06. The van der Waals surface area contributed by atoms with E-state index in [1.807, 2.05) is 42.3 Å². The van der Waals surface area contributed by atoms with Crippen molar-refractivity contribution in [2.24, 2.45) is 7.05 Å². The third-order valence-electron chi connectivity index (χ3n) is 2.58. The van der Waals surface area contributed by atoms with Gasteiger partial charge in [0.05, 0.1) is 5.69 Å². The van der Waals surface area contributed by atoms with E-state index in [1.165, 1.54) is 5.39 Å². The molecule has 2 heterocycles. The number of hydrogen-bond acceptors (Lipinski definition) is 1. The number of H-pyrrole nitrogens is 1. The molecule has 0 atom stereocenters. The largest absolute Gasteiger partial charge is 0.360 e. The molecule has 0 saturated carbocycles. The van der Waals surface area contributed by atoms with Gasteiger partial charge in [-0.2, -0.15) is 5.10 Å². The Morgan fingerprint density at radius 2 is 2.07 bits per heavy atom. The summed E-state index contributed by atoms with van der Waals surface area (Å²) >= 11 is 0. The van der Waals surface area contributed by atoms with Gasteiger partial charge in [-0.25, -0.2) is 0 Å². The van der Waals surface area contributed by atoms with Crippen LogP contribution in [-0.4, -0.2) is 14.8 Å². The molecule has 1 aromatic carbocycles. The van der Waals surface area contributed by atoms with Crippen LogP contribution in [0.3, 0.4) is 0 Å². The SMILES string of the molecule is Cn1ccc(-c2c[nH]c3ccccc23)n1. The van der Waals surface area contributed by atoms with Crippen molar-refractivity contribution < 1.29 is 0 Å². The minimum absolute atomic E-state index is 1.01. The molecule has 0 radical (unpaired) electrons. The molecular formula is C12H11N3. The van der Waals surface area contributed by atoms with Crippen LogP contribution in [0.4, 0.5) is 0 Å². The molecule has 2 aromatic heterocycles. The second-order valence-corrected chi connectivity index (χ2v) is 3.62. The second kappa shape index (κ2) is 2.98. The highest BCUT2D eigenvalue weighted by Crippen LogP contribution is 2.26. The van der Waals surface area contributed by atoms with Gasteiger partial charge in [0, 0.05) is 35.9 Å². The predicted molar refractivity (Wildman–Crippen MR) is 60.5 cm³/mol. The molecule has 3 nitrogen and oxygen atoms in total. The molecule has 0 aliphatic heterocycles. The van der Waals surface area contributed by atoms with Gasteiger partial charge in [-0.1, -0.05) is 18.2 Å². The highest BCUT2D eigenvalue weighted by molar-refractivity contribution is 5.94. The Labute approximate surface area is 87.4 Å². The van der Waals surface area contributed by atoms with E-state index in [2.05, 4.69) is 22.2 Å². The van der Waals surface area contributed by atoms with E-state index in [0.29, 0.717) is 0 Å². The zero-order valence-electron chi connectivity index (χ0n) is 8.44. The maximum atomic E-state index is 4.40. The van der Waals surface area contributed by atoms with E-state index in [-0.39, 0.29) is 0 Å². The van der Waals surface area contributed by atoms with Crippen molar-refractivity contribution in [1.82, 2.24) is 14.8 Å². The fraction of sp³-hybridized carbons (Fsp3) is 0.0833. The van der Waals surface area contributed by atoms with Crippen molar-refractivity contribution in [3.63, 3.8) is 0 Å². The number of benzene rings is 1. The summed E-state index contributed by atoms with van der Waals surface area (Å²) in [5, 5.41) is 5.62. The third kappa shape index (κ3) is 1.24. The lowest BCUT2D eigenvalue weighted by Gasteiger charge is -1.93. The first-order valence-corrected chi connectivity index (χ1v) is 4.91. The van der Waals surface area contributed by atoms with E-state index in [9.17, 15) is 0 Å². The van der Waals surface area contributed by atoms with Gasteiger partial charge in [0.2, 0.25) is 0 Å². The van der Waals surface area contributed by atoms with Gasteiger partial charge in [-0.3, -0.25) is 4.68 Å².